The fraction of sp³-hybridized carbons (Fsp3) is 0.150. The number of nitrogens with one attached hydrogen (secondary N) is 1. The third-order valence-electron chi connectivity index (χ3n) is 3.83. The molecule has 0 unspecified atom stereocenters. The summed E-state index contributed by atoms with van der Waals surface area (Å²) < 4.78 is 13.2. The Morgan fingerprint density at radius 2 is 1.85 bits per heavy atom. The van der Waals surface area contributed by atoms with Crippen molar-refractivity contribution in [3.05, 3.63) is 78.1 Å². The molecule has 0 saturated carbocycles. The van der Waals surface area contributed by atoms with Crippen molar-refractivity contribution in [2.45, 2.75) is 13.3 Å². The van der Waals surface area contributed by atoms with Crippen LogP contribution >= 0.6 is 0 Å². The average Bonchev–Trinajstić information content (AvgIpc) is 2.64. The van der Waals surface area contributed by atoms with Crippen molar-refractivity contribution in [1.82, 2.24) is 10.2 Å². The van der Waals surface area contributed by atoms with E-state index in [4.69, 9.17) is 0 Å². The van der Waals surface area contributed by atoms with E-state index >= 15 is 0 Å². The van der Waals surface area contributed by atoms with Crippen molar-refractivity contribution >= 4 is 23.2 Å². The Labute approximate surface area is 151 Å². The van der Waals surface area contributed by atoms with E-state index < -0.39 is 0 Å². The standard InChI is InChI=1S/C20H19FN4O/c1-2-25(17-9-4-3-5-10-17)19-12-11-18(23-24-19)22-20(26)14-15-7-6-8-16(21)13-15/h3-13H,2,14H2,1H3,(H,22,23,26). The van der Waals surface area contributed by atoms with E-state index in [2.05, 4.69) is 15.5 Å². The van der Waals surface area contributed by atoms with E-state index in [0.29, 0.717) is 17.2 Å². The molecule has 0 fully saturated rings. The molecular formula is C20H19FN4O. The molecule has 1 amide bonds. The number of para-hydroxylation sites is 1. The second kappa shape index (κ2) is 8.20. The fourth-order valence-corrected chi connectivity index (χ4v) is 2.64. The van der Waals surface area contributed by atoms with Crippen LogP contribution in [0.15, 0.2) is 66.7 Å². The Morgan fingerprint density at radius 3 is 2.50 bits per heavy atom. The maximum Gasteiger partial charge on any atom is 0.229 e. The predicted molar refractivity (Wildman–Crippen MR) is 99.9 cm³/mol. The van der Waals surface area contributed by atoms with Gasteiger partial charge in [-0.2, -0.15) is 0 Å². The number of carbonyl (C=O) groups excluding carboxylic acids is 1. The summed E-state index contributed by atoms with van der Waals surface area (Å²) in [7, 11) is 0. The minimum Gasteiger partial charge on any atom is -0.325 e. The van der Waals surface area contributed by atoms with Crippen LogP contribution in [0, 0.1) is 5.82 Å². The number of carbonyl (C=O) groups is 1. The van der Waals surface area contributed by atoms with Crippen molar-refractivity contribution in [2.24, 2.45) is 0 Å². The van der Waals surface area contributed by atoms with Crippen LogP contribution in [-0.4, -0.2) is 22.6 Å². The summed E-state index contributed by atoms with van der Waals surface area (Å²) in [5.74, 6) is 0.425. The highest BCUT2D eigenvalue weighted by atomic mass is 19.1. The second-order valence-electron chi connectivity index (χ2n) is 5.71. The molecule has 0 spiro atoms. The van der Waals surface area contributed by atoms with Gasteiger partial charge in [0.05, 0.1) is 6.42 Å². The van der Waals surface area contributed by atoms with Gasteiger partial charge in [-0.25, -0.2) is 4.39 Å². The van der Waals surface area contributed by atoms with Crippen LogP contribution in [-0.2, 0) is 11.2 Å². The highest BCUT2D eigenvalue weighted by molar-refractivity contribution is 5.91. The van der Waals surface area contributed by atoms with Gasteiger partial charge in [-0.1, -0.05) is 30.3 Å². The molecule has 1 heterocycles. The summed E-state index contributed by atoms with van der Waals surface area (Å²) in [5.41, 5.74) is 1.63. The van der Waals surface area contributed by atoms with Gasteiger partial charge in [0, 0.05) is 12.2 Å². The van der Waals surface area contributed by atoms with Crippen LogP contribution in [0.25, 0.3) is 0 Å². The monoisotopic (exact) mass is 350 g/mol. The first kappa shape index (κ1) is 17.5. The summed E-state index contributed by atoms with van der Waals surface area (Å²) >= 11 is 0. The average molecular weight is 350 g/mol. The number of hydrogen-bond acceptors (Lipinski definition) is 4. The summed E-state index contributed by atoms with van der Waals surface area (Å²) in [6, 6.07) is 19.4. The van der Waals surface area contributed by atoms with Crippen molar-refractivity contribution in [1.29, 1.82) is 0 Å². The Hall–Kier alpha value is -3.28. The lowest BCUT2D eigenvalue weighted by Gasteiger charge is -2.21. The maximum atomic E-state index is 13.2. The molecule has 3 rings (SSSR count). The molecule has 1 aromatic heterocycles. The predicted octanol–water partition coefficient (Wildman–Crippen LogP) is 3.95. The van der Waals surface area contributed by atoms with Gasteiger partial charge in [-0.15, -0.1) is 10.2 Å². The molecule has 0 saturated heterocycles. The van der Waals surface area contributed by atoms with Crippen LogP contribution in [0.3, 0.4) is 0 Å². The molecule has 5 nitrogen and oxygen atoms in total. The number of amides is 1. The lowest BCUT2D eigenvalue weighted by atomic mass is 10.1. The number of rotatable bonds is 6. The molecular weight excluding hydrogens is 331 g/mol. The summed E-state index contributed by atoms with van der Waals surface area (Å²) in [6.45, 7) is 2.77. The van der Waals surface area contributed by atoms with Crippen LogP contribution < -0.4 is 10.2 Å². The van der Waals surface area contributed by atoms with E-state index in [1.54, 1.807) is 24.3 Å². The number of anilines is 3. The molecule has 0 atom stereocenters. The zero-order valence-corrected chi connectivity index (χ0v) is 14.4. The number of aromatic nitrogens is 2. The molecule has 2 aromatic carbocycles. The quantitative estimate of drug-likeness (QED) is 0.731. The zero-order chi connectivity index (χ0) is 18.4. The Balaban J connectivity index is 1.66. The van der Waals surface area contributed by atoms with Crippen LogP contribution in [0.2, 0.25) is 0 Å². The number of nitrogens with zero attached hydrogens (tertiary/aromatic N) is 3. The Morgan fingerprint density at radius 1 is 1.04 bits per heavy atom. The highest BCUT2D eigenvalue weighted by Crippen LogP contribution is 2.22. The minimum absolute atomic E-state index is 0.0757. The van der Waals surface area contributed by atoms with Gasteiger partial charge in [0.25, 0.3) is 0 Å². The van der Waals surface area contributed by atoms with E-state index in [0.717, 1.165) is 12.2 Å². The van der Waals surface area contributed by atoms with Gasteiger partial charge >= 0.3 is 0 Å². The van der Waals surface area contributed by atoms with Gasteiger partial charge in [-0.05, 0) is 48.9 Å². The topological polar surface area (TPSA) is 58.1 Å². The normalized spacial score (nSPS) is 10.4. The van der Waals surface area contributed by atoms with Crippen LogP contribution in [0.1, 0.15) is 12.5 Å². The van der Waals surface area contributed by atoms with E-state index in [-0.39, 0.29) is 18.1 Å². The third-order valence-corrected chi connectivity index (χ3v) is 3.83. The number of hydrogen-bond donors (Lipinski definition) is 1. The first-order chi connectivity index (χ1) is 12.7. The van der Waals surface area contributed by atoms with E-state index in [9.17, 15) is 9.18 Å². The highest BCUT2D eigenvalue weighted by Gasteiger charge is 2.10. The van der Waals surface area contributed by atoms with Crippen molar-refractivity contribution in [2.75, 3.05) is 16.8 Å². The van der Waals surface area contributed by atoms with Gasteiger partial charge in [0.1, 0.15) is 5.82 Å². The molecule has 3 aromatic rings. The molecule has 6 heteroatoms. The van der Waals surface area contributed by atoms with Crippen molar-refractivity contribution < 1.29 is 9.18 Å². The summed E-state index contributed by atoms with van der Waals surface area (Å²) in [6.07, 6.45) is 0.0757. The molecule has 0 radical (unpaired) electrons. The maximum absolute atomic E-state index is 13.2. The Kier molecular flexibility index (Phi) is 5.53. The molecule has 132 valence electrons. The summed E-state index contributed by atoms with van der Waals surface area (Å²) in [4.78, 5) is 14.1. The SMILES string of the molecule is CCN(c1ccccc1)c1ccc(NC(=O)Cc2cccc(F)c2)nn1. The van der Waals surface area contributed by atoms with Gasteiger partial charge in [0.15, 0.2) is 11.6 Å². The first-order valence-electron chi connectivity index (χ1n) is 8.36. The molecule has 26 heavy (non-hydrogen) atoms. The number of benzene rings is 2. The van der Waals surface area contributed by atoms with Gasteiger partial charge < -0.3 is 10.2 Å². The second-order valence-corrected chi connectivity index (χ2v) is 5.71. The van der Waals surface area contributed by atoms with Crippen molar-refractivity contribution in [3.63, 3.8) is 0 Å². The van der Waals surface area contributed by atoms with Gasteiger partial charge in [-0.3, -0.25) is 4.79 Å². The third kappa shape index (κ3) is 4.42. The minimum atomic E-state index is -0.361. The molecule has 0 aliphatic rings. The van der Waals surface area contributed by atoms with Crippen LogP contribution in [0.5, 0.6) is 0 Å². The largest absolute Gasteiger partial charge is 0.325 e. The number of halogens is 1. The lowest BCUT2D eigenvalue weighted by Crippen LogP contribution is -2.19. The molecule has 0 aliphatic heterocycles. The fourth-order valence-electron chi connectivity index (χ4n) is 2.64. The lowest BCUT2D eigenvalue weighted by molar-refractivity contribution is -0.115. The smallest absolute Gasteiger partial charge is 0.229 e. The summed E-state index contributed by atoms with van der Waals surface area (Å²) in [5, 5.41) is 11.0. The van der Waals surface area contributed by atoms with Crippen molar-refractivity contribution in [3.8, 4) is 0 Å². The van der Waals surface area contributed by atoms with E-state index in [1.807, 2.05) is 42.2 Å². The molecule has 1 N–H and O–H groups in total. The van der Waals surface area contributed by atoms with Crippen LogP contribution in [0.4, 0.5) is 21.7 Å². The molecule has 0 bridgehead atoms. The molecule has 0 aliphatic carbocycles. The Bertz CT molecular complexity index is 868. The van der Waals surface area contributed by atoms with E-state index in [1.165, 1.54) is 12.1 Å². The zero-order valence-electron chi connectivity index (χ0n) is 14.4. The first-order valence-corrected chi connectivity index (χ1v) is 8.36. The van der Waals surface area contributed by atoms with Gasteiger partial charge in [0.2, 0.25) is 5.91 Å².